The van der Waals surface area contributed by atoms with Gasteiger partial charge in [-0.05, 0) is 63.7 Å². The topological polar surface area (TPSA) is 68.2 Å². The Hall–Kier alpha value is -1.92. The Morgan fingerprint density at radius 2 is 2.15 bits per heavy atom. The van der Waals surface area contributed by atoms with Crippen molar-refractivity contribution >= 4 is 22.9 Å². The number of aryl methyl sites for hydroxylation is 1. The van der Waals surface area contributed by atoms with Crippen LogP contribution in [0.5, 0.6) is 0 Å². The molecule has 1 aliphatic rings. The van der Waals surface area contributed by atoms with Crippen LogP contribution in [0.2, 0.25) is 0 Å². The standard InChI is InChI=1S/C20H30N4O2/c1-2-26-15-5-14-24-18-7-4-3-6-17(18)22-20(24)23-19(25)9-8-16-10-12-21-13-11-16/h3-4,6-7,16,21H,2,5,8-15H2,1H3,(H,22,23,25). The maximum Gasteiger partial charge on any atom is 0.226 e. The summed E-state index contributed by atoms with van der Waals surface area (Å²) in [5.74, 6) is 1.37. The van der Waals surface area contributed by atoms with E-state index in [0.717, 1.165) is 50.1 Å². The fourth-order valence-corrected chi connectivity index (χ4v) is 3.56. The Morgan fingerprint density at radius 1 is 1.35 bits per heavy atom. The van der Waals surface area contributed by atoms with E-state index in [1.807, 2.05) is 31.2 Å². The minimum Gasteiger partial charge on any atom is -0.382 e. The first-order valence-electron chi connectivity index (χ1n) is 9.81. The molecule has 1 fully saturated rings. The minimum atomic E-state index is 0.0601. The van der Waals surface area contributed by atoms with E-state index in [1.165, 1.54) is 12.8 Å². The molecule has 0 atom stereocenters. The SMILES string of the molecule is CCOCCCn1c(NC(=O)CCC2CCNCC2)nc2ccccc21. The Morgan fingerprint density at radius 3 is 2.96 bits per heavy atom. The lowest BCUT2D eigenvalue weighted by molar-refractivity contribution is -0.116. The molecule has 0 saturated carbocycles. The second-order valence-corrected chi connectivity index (χ2v) is 6.91. The number of piperidine rings is 1. The van der Waals surface area contributed by atoms with Gasteiger partial charge < -0.3 is 14.6 Å². The number of fused-ring (bicyclic) bond motifs is 1. The zero-order chi connectivity index (χ0) is 18.2. The fourth-order valence-electron chi connectivity index (χ4n) is 3.56. The molecule has 6 nitrogen and oxygen atoms in total. The van der Waals surface area contributed by atoms with Crippen LogP contribution in [0.3, 0.4) is 0 Å². The molecular formula is C20H30N4O2. The van der Waals surface area contributed by atoms with Crippen LogP contribution in [0.25, 0.3) is 11.0 Å². The number of carbonyl (C=O) groups is 1. The van der Waals surface area contributed by atoms with E-state index in [0.29, 0.717) is 24.9 Å². The first kappa shape index (κ1) is 18.9. The molecule has 0 radical (unpaired) electrons. The lowest BCUT2D eigenvalue weighted by Crippen LogP contribution is -2.28. The van der Waals surface area contributed by atoms with Crippen molar-refractivity contribution in [2.45, 2.75) is 45.6 Å². The van der Waals surface area contributed by atoms with E-state index in [4.69, 9.17) is 4.74 Å². The van der Waals surface area contributed by atoms with E-state index in [9.17, 15) is 4.79 Å². The highest BCUT2D eigenvalue weighted by Gasteiger charge is 2.16. The van der Waals surface area contributed by atoms with Gasteiger partial charge in [-0.1, -0.05) is 12.1 Å². The summed E-state index contributed by atoms with van der Waals surface area (Å²) in [6, 6.07) is 8.01. The van der Waals surface area contributed by atoms with Gasteiger partial charge in [-0.3, -0.25) is 10.1 Å². The number of aromatic nitrogens is 2. The zero-order valence-corrected chi connectivity index (χ0v) is 15.7. The van der Waals surface area contributed by atoms with Gasteiger partial charge in [0.05, 0.1) is 11.0 Å². The first-order valence-corrected chi connectivity index (χ1v) is 9.81. The van der Waals surface area contributed by atoms with E-state index in [2.05, 4.69) is 20.2 Å². The third kappa shape index (κ3) is 5.05. The Labute approximate surface area is 155 Å². The smallest absolute Gasteiger partial charge is 0.226 e. The highest BCUT2D eigenvalue weighted by molar-refractivity contribution is 5.91. The molecule has 2 N–H and O–H groups in total. The average Bonchev–Trinajstić information content (AvgIpc) is 3.01. The molecular weight excluding hydrogens is 328 g/mol. The van der Waals surface area contributed by atoms with E-state index < -0.39 is 0 Å². The molecule has 142 valence electrons. The molecule has 1 aliphatic heterocycles. The predicted octanol–water partition coefficient (Wildman–Crippen LogP) is 3.18. The second kappa shape index (κ2) is 9.69. The maximum atomic E-state index is 12.5. The van der Waals surface area contributed by atoms with Crippen LogP contribution in [0.15, 0.2) is 24.3 Å². The molecule has 1 amide bonds. The highest BCUT2D eigenvalue weighted by Crippen LogP contribution is 2.22. The zero-order valence-electron chi connectivity index (χ0n) is 15.7. The number of hydrogen-bond donors (Lipinski definition) is 2. The molecule has 0 unspecified atom stereocenters. The van der Waals surface area contributed by atoms with Crippen molar-refractivity contribution in [3.8, 4) is 0 Å². The summed E-state index contributed by atoms with van der Waals surface area (Å²) in [7, 11) is 0. The predicted molar refractivity (Wildman–Crippen MR) is 104 cm³/mol. The van der Waals surface area contributed by atoms with Crippen LogP contribution in [0.1, 0.15) is 39.0 Å². The number of rotatable bonds is 9. The molecule has 2 aromatic rings. The van der Waals surface area contributed by atoms with Crippen molar-refractivity contribution < 1.29 is 9.53 Å². The third-order valence-corrected chi connectivity index (χ3v) is 5.02. The number of nitrogens with zero attached hydrogens (tertiary/aromatic N) is 2. The fraction of sp³-hybridized carbons (Fsp3) is 0.600. The number of para-hydroxylation sites is 2. The van der Waals surface area contributed by atoms with Gasteiger partial charge in [-0.2, -0.15) is 0 Å². The second-order valence-electron chi connectivity index (χ2n) is 6.91. The van der Waals surface area contributed by atoms with Gasteiger partial charge in [-0.25, -0.2) is 4.98 Å². The van der Waals surface area contributed by atoms with E-state index in [1.54, 1.807) is 0 Å². The molecule has 3 rings (SSSR count). The number of imidazole rings is 1. The van der Waals surface area contributed by atoms with Gasteiger partial charge in [0.2, 0.25) is 11.9 Å². The summed E-state index contributed by atoms with van der Waals surface area (Å²) in [6.07, 6.45) is 4.75. The number of amides is 1. The van der Waals surface area contributed by atoms with Crippen molar-refractivity contribution in [1.82, 2.24) is 14.9 Å². The monoisotopic (exact) mass is 358 g/mol. The quantitative estimate of drug-likeness (QED) is 0.676. The maximum absolute atomic E-state index is 12.5. The van der Waals surface area contributed by atoms with Gasteiger partial charge in [0.25, 0.3) is 0 Å². The van der Waals surface area contributed by atoms with Crippen LogP contribution in [0.4, 0.5) is 5.95 Å². The van der Waals surface area contributed by atoms with Crippen molar-refractivity contribution in [2.24, 2.45) is 5.92 Å². The normalized spacial score (nSPS) is 15.4. The third-order valence-electron chi connectivity index (χ3n) is 5.02. The van der Waals surface area contributed by atoms with Crippen LogP contribution in [0, 0.1) is 5.92 Å². The van der Waals surface area contributed by atoms with Crippen molar-refractivity contribution in [1.29, 1.82) is 0 Å². The number of nitrogens with one attached hydrogen (secondary N) is 2. The van der Waals surface area contributed by atoms with Gasteiger partial charge in [-0.15, -0.1) is 0 Å². The summed E-state index contributed by atoms with van der Waals surface area (Å²) < 4.78 is 7.54. The highest BCUT2D eigenvalue weighted by atomic mass is 16.5. The molecule has 1 aromatic heterocycles. The van der Waals surface area contributed by atoms with Crippen LogP contribution in [-0.2, 0) is 16.1 Å². The number of carbonyl (C=O) groups excluding carboxylic acids is 1. The average molecular weight is 358 g/mol. The summed E-state index contributed by atoms with van der Waals surface area (Å²) in [4.78, 5) is 17.1. The summed E-state index contributed by atoms with van der Waals surface area (Å²) in [5.41, 5.74) is 1.97. The molecule has 6 heteroatoms. The molecule has 0 bridgehead atoms. The first-order chi connectivity index (χ1) is 12.8. The minimum absolute atomic E-state index is 0.0601. The number of hydrogen-bond acceptors (Lipinski definition) is 4. The number of anilines is 1. The number of benzene rings is 1. The number of ether oxygens (including phenoxy) is 1. The van der Waals surface area contributed by atoms with Crippen LogP contribution < -0.4 is 10.6 Å². The van der Waals surface area contributed by atoms with Crippen molar-refractivity contribution in [3.63, 3.8) is 0 Å². The lowest BCUT2D eigenvalue weighted by Gasteiger charge is -2.22. The molecule has 1 aromatic carbocycles. The van der Waals surface area contributed by atoms with Crippen molar-refractivity contribution in [2.75, 3.05) is 31.6 Å². The molecule has 0 spiro atoms. The summed E-state index contributed by atoms with van der Waals surface area (Å²) in [5, 5.41) is 6.41. The van der Waals surface area contributed by atoms with Crippen LogP contribution >= 0.6 is 0 Å². The Bertz CT molecular complexity index is 707. The molecule has 0 aliphatic carbocycles. The Balaban J connectivity index is 1.62. The lowest BCUT2D eigenvalue weighted by atomic mass is 9.93. The molecule has 1 saturated heterocycles. The van der Waals surface area contributed by atoms with Crippen molar-refractivity contribution in [3.05, 3.63) is 24.3 Å². The largest absolute Gasteiger partial charge is 0.382 e. The Kier molecular flexibility index (Phi) is 7.03. The molecule has 2 heterocycles. The van der Waals surface area contributed by atoms with Gasteiger partial charge in [0, 0.05) is 26.2 Å². The van der Waals surface area contributed by atoms with Gasteiger partial charge >= 0.3 is 0 Å². The molecule has 26 heavy (non-hydrogen) atoms. The van der Waals surface area contributed by atoms with Gasteiger partial charge in [0.15, 0.2) is 0 Å². The van der Waals surface area contributed by atoms with E-state index >= 15 is 0 Å². The van der Waals surface area contributed by atoms with Gasteiger partial charge in [0.1, 0.15) is 0 Å². The van der Waals surface area contributed by atoms with Crippen LogP contribution in [-0.4, -0.2) is 41.8 Å². The summed E-state index contributed by atoms with van der Waals surface area (Å²) in [6.45, 7) is 6.37. The summed E-state index contributed by atoms with van der Waals surface area (Å²) >= 11 is 0. The van der Waals surface area contributed by atoms with E-state index in [-0.39, 0.29) is 5.91 Å².